The fourth-order valence-corrected chi connectivity index (χ4v) is 1.81. The maximum atomic E-state index is 11.4. The van der Waals surface area contributed by atoms with E-state index in [-0.39, 0.29) is 13.0 Å². The molecular formula is C22H34O2. The first-order valence-corrected chi connectivity index (χ1v) is 8.96. The minimum Gasteiger partial charge on any atom is -0.466 e. The van der Waals surface area contributed by atoms with Crippen molar-refractivity contribution in [1.82, 2.24) is 0 Å². The van der Waals surface area contributed by atoms with E-state index in [0.717, 1.165) is 32.1 Å². The van der Waals surface area contributed by atoms with E-state index < -0.39 is 12.3 Å². The van der Waals surface area contributed by atoms with Gasteiger partial charge in [0.1, 0.15) is 0 Å². The zero-order chi connectivity index (χ0) is 19.5. The third kappa shape index (κ3) is 18.2. The number of carbonyl (C=O) groups is 1. The van der Waals surface area contributed by atoms with Gasteiger partial charge < -0.3 is 4.74 Å². The van der Waals surface area contributed by atoms with Gasteiger partial charge in [0.25, 0.3) is 0 Å². The summed E-state index contributed by atoms with van der Waals surface area (Å²) in [4.78, 5) is 11.4. The number of allylic oxidation sites excluding steroid dienone is 10. The van der Waals surface area contributed by atoms with Crippen molar-refractivity contribution in [2.24, 2.45) is 0 Å². The summed E-state index contributed by atoms with van der Waals surface area (Å²) >= 11 is 0. The predicted molar refractivity (Wildman–Crippen MR) is 105 cm³/mol. The van der Waals surface area contributed by atoms with Crippen molar-refractivity contribution >= 4 is 5.97 Å². The minimum atomic E-state index is -1.90. The molecule has 0 aromatic rings. The Morgan fingerprint density at radius 3 is 1.71 bits per heavy atom. The van der Waals surface area contributed by atoms with Gasteiger partial charge in [-0.3, -0.25) is 4.79 Å². The van der Waals surface area contributed by atoms with Crippen LogP contribution in [0.1, 0.15) is 67.9 Å². The van der Waals surface area contributed by atoms with E-state index in [4.69, 9.17) is 7.48 Å². The summed E-state index contributed by atoms with van der Waals surface area (Å²) in [6.07, 6.45) is 24.7. The van der Waals surface area contributed by atoms with Crippen LogP contribution in [0.15, 0.2) is 60.8 Å². The van der Waals surface area contributed by atoms with E-state index in [2.05, 4.69) is 55.5 Å². The first-order chi connectivity index (χ1) is 12.5. The Morgan fingerprint density at radius 1 is 0.792 bits per heavy atom. The molecule has 0 fully saturated rings. The predicted octanol–water partition coefficient (Wildman–Crippen LogP) is 6.47. The minimum absolute atomic E-state index is 0.149. The smallest absolute Gasteiger partial charge is 0.305 e. The van der Waals surface area contributed by atoms with Crippen LogP contribution in [0.3, 0.4) is 0 Å². The molecule has 0 aromatic heterocycles. The second-order valence-electron chi connectivity index (χ2n) is 5.14. The molecule has 0 amide bonds. The number of ether oxygens (including phenoxy) is 1. The molecule has 0 saturated carbocycles. The van der Waals surface area contributed by atoms with Crippen molar-refractivity contribution in [2.45, 2.75) is 65.2 Å². The van der Waals surface area contributed by atoms with Crippen molar-refractivity contribution in [2.75, 3.05) is 6.61 Å². The van der Waals surface area contributed by atoms with Gasteiger partial charge in [-0.15, -0.1) is 0 Å². The van der Waals surface area contributed by atoms with Gasteiger partial charge in [0.2, 0.25) is 0 Å². The Hall–Kier alpha value is -1.83. The normalized spacial score (nSPS) is 14.4. The molecule has 0 aliphatic carbocycles. The molecule has 0 radical (unpaired) electrons. The fourth-order valence-electron chi connectivity index (χ4n) is 1.81. The van der Waals surface area contributed by atoms with Crippen LogP contribution in [0.25, 0.3) is 0 Å². The zero-order valence-electron chi connectivity index (χ0n) is 17.2. The Morgan fingerprint density at radius 2 is 1.25 bits per heavy atom. The summed E-state index contributed by atoms with van der Waals surface area (Å²) in [6.45, 7) is 4.02. The highest BCUT2D eigenvalue weighted by Crippen LogP contribution is 2.00. The summed E-state index contributed by atoms with van der Waals surface area (Å²) in [7, 11) is 0. The van der Waals surface area contributed by atoms with E-state index >= 15 is 0 Å². The standard InChI is InChI=1S/C22H34O2/c1-3-5-6-7-8-9-10-11-12-13-14-15-16-17-18-19-20-21-22(23)24-4-2/h5-6,8-9,11-12,14-15,17-18H,3-4,7,10,13,16,19-21H2,1-2H3/b6-5-,9-8-,12-11-,15-14-,18-17-/i21D2. The Kier molecular flexibility index (Phi) is 14.8. The molecule has 0 heterocycles. The average molecular weight is 333 g/mol. The average Bonchev–Trinajstić information content (AvgIpc) is 2.61. The van der Waals surface area contributed by atoms with Crippen LogP contribution in [0, 0.1) is 0 Å². The van der Waals surface area contributed by atoms with Crippen molar-refractivity contribution in [1.29, 1.82) is 0 Å². The van der Waals surface area contributed by atoms with Gasteiger partial charge in [-0.2, -0.15) is 0 Å². The maximum Gasteiger partial charge on any atom is 0.305 e. The maximum absolute atomic E-state index is 11.4. The van der Waals surface area contributed by atoms with Crippen LogP contribution in [0.5, 0.6) is 0 Å². The first kappa shape index (κ1) is 18.5. The number of hydrogen-bond acceptors (Lipinski definition) is 2. The van der Waals surface area contributed by atoms with E-state index in [9.17, 15) is 4.79 Å². The number of hydrogen-bond donors (Lipinski definition) is 0. The topological polar surface area (TPSA) is 26.3 Å². The molecule has 0 rings (SSSR count). The second kappa shape index (κ2) is 19.2. The van der Waals surface area contributed by atoms with Crippen LogP contribution in [0.2, 0.25) is 0 Å². The zero-order valence-corrected chi connectivity index (χ0v) is 15.2. The highest BCUT2D eigenvalue weighted by atomic mass is 16.5. The Bertz CT molecular complexity index is 500. The lowest BCUT2D eigenvalue weighted by molar-refractivity contribution is -0.143. The lowest BCUT2D eigenvalue weighted by Crippen LogP contribution is -2.02. The van der Waals surface area contributed by atoms with Gasteiger partial charge in [-0.25, -0.2) is 0 Å². The van der Waals surface area contributed by atoms with Crippen LogP contribution < -0.4 is 0 Å². The van der Waals surface area contributed by atoms with Crippen LogP contribution in [-0.4, -0.2) is 12.6 Å². The Balaban J connectivity index is 3.74. The molecule has 0 spiro atoms. The molecule has 0 aromatic carbocycles. The van der Waals surface area contributed by atoms with E-state index in [1.54, 1.807) is 6.92 Å². The van der Waals surface area contributed by atoms with Crippen molar-refractivity contribution in [3.63, 3.8) is 0 Å². The summed E-state index contributed by atoms with van der Waals surface area (Å²) in [6, 6.07) is 0. The number of carbonyl (C=O) groups excluding carboxylic acids is 1. The number of rotatable bonds is 14. The summed E-state index contributed by atoms with van der Waals surface area (Å²) in [5, 5.41) is 0. The molecule has 0 N–H and O–H groups in total. The van der Waals surface area contributed by atoms with E-state index in [0.29, 0.717) is 6.42 Å². The SMILES string of the molecule is [2H]C([2H])(CC/C=C\C/C=C\C/C=C\C/C=C\C/C=C\CC)C(=O)OCC. The number of esters is 1. The van der Waals surface area contributed by atoms with Gasteiger partial charge in [0.15, 0.2) is 0 Å². The van der Waals surface area contributed by atoms with Crippen molar-refractivity contribution < 1.29 is 12.3 Å². The van der Waals surface area contributed by atoms with Gasteiger partial charge in [0, 0.05) is 9.11 Å². The highest BCUT2D eigenvalue weighted by molar-refractivity contribution is 5.69. The van der Waals surface area contributed by atoms with Crippen molar-refractivity contribution in [3.05, 3.63) is 60.8 Å². The lowest BCUT2D eigenvalue weighted by Gasteiger charge is -1.98. The molecule has 0 saturated heterocycles. The largest absolute Gasteiger partial charge is 0.466 e. The highest BCUT2D eigenvalue weighted by Gasteiger charge is 1.98. The third-order valence-electron chi connectivity index (χ3n) is 3.01. The van der Waals surface area contributed by atoms with E-state index in [1.165, 1.54) is 0 Å². The van der Waals surface area contributed by atoms with Crippen LogP contribution in [-0.2, 0) is 9.53 Å². The summed E-state index contributed by atoms with van der Waals surface area (Å²) < 4.78 is 20.0. The molecule has 2 nitrogen and oxygen atoms in total. The molecule has 2 heteroatoms. The van der Waals surface area contributed by atoms with Crippen LogP contribution >= 0.6 is 0 Å². The third-order valence-corrected chi connectivity index (χ3v) is 3.01. The Labute approximate surface area is 151 Å². The van der Waals surface area contributed by atoms with Gasteiger partial charge in [-0.1, -0.05) is 67.7 Å². The molecule has 0 bridgehead atoms. The van der Waals surface area contributed by atoms with Crippen molar-refractivity contribution in [3.8, 4) is 0 Å². The quantitative estimate of drug-likeness (QED) is 0.269. The summed E-state index contributed by atoms with van der Waals surface area (Å²) in [5.41, 5.74) is 0. The second-order valence-corrected chi connectivity index (χ2v) is 5.14. The van der Waals surface area contributed by atoms with Crippen LogP contribution in [0.4, 0.5) is 0 Å². The molecule has 0 atom stereocenters. The molecular weight excluding hydrogens is 296 g/mol. The van der Waals surface area contributed by atoms with E-state index in [1.807, 2.05) is 12.2 Å². The molecule has 0 unspecified atom stereocenters. The van der Waals surface area contributed by atoms with Gasteiger partial charge in [-0.05, 0) is 51.9 Å². The lowest BCUT2D eigenvalue weighted by atomic mass is 10.2. The first-order valence-electron chi connectivity index (χ1n) is 9.96. The van der Waals surface area contributed by atoms with Gasteiger partial charge >= 0.3 is 5.97 Å². The fraction of sp³-hybridized carbons (Fsp3) is 0.500. The molecule has 24 heavy (non-hydrogen) atoms. The molecule has 0 aliphatic rings. The van der Waals surface area contributed by atoms with Gasteiger partial charge in [0.05, 0.1) is 6.61 Å². The molecule has 0 aliphatic heterocycles. The summed E-state index contributed by atoms with van der Waals surface area (Å²) in [5.74, 6) is -0.771. The monoisotopic (exact) mass is 332 g/mol. The molecule has 134 valence electrons.